The smallest absolute Gasteiger partial charge is 0.224 e. The van der Waals surface area contributed by atoms with Crippen molar-refractivity contribution in [3.8, 4) is 0 Å². The average molecular weight is 743 g/mol. The number of primary amides is 2. The van der Waals surface area contributed by atoms with E-state index in [1.54, 1.807) is 0 Å². The zero-order chi connectivity index (χ0) is 39.5. The number of carbonyl (C=O) groups is 2. The lowest BCUT2D eigenvalue weighted by molar-refractivity contribution is -0.145. The number of amides is 2. The highest BCUT2D eigenvalue weighted by Gasteiger charge is 2.54. The molecule has 312 valence electrons. The quantitative estimate of drug-likeness (QED) is 0.0484. The summed E-state index contributed by atoms with van der Waals surface area (Å²) in [4.78, 5) is 26.0. The van der Waals surface area contributed by atoms with Crippen LogP contribution in [-0.4, -0.2) is 11.8 Å². The van der Waals surface area contributed by atoms with E-state index in [1.807, 2.05) is 0 Å². The third kappa shape index (κ3) is 21.9. The Labute approximate surface area is 332 Å². The molecule has 4 nitrogen and oxygen atoms in total. The van der Waals surface area contributed by atoms with Crippen LogP contribution in [0.4, 0.5) is 0 Å². The fourth-order valence-electron chi connectivity index (χ4n) is 9.73. The molecule has 0 saturated carbocycles. The van der Waals surface area contributed by atoms with Crippen LogP contribution >= 0.6 is 0 Å². The molecule has 0 fully saturated rings. The summed E-state index contributed by atoms with van der Waals surface area (Å²) < 4.78 is 0. The van der Waals surface area contributed by atoms with Crippen LogP contribution in [0.2, 0.25) is 0 Å². The van der Waals surface area contributed by atoms with E-state index in [9.17, 15) is 9.59 Å². The Morgan fingerprint density at radius 3 is 1.25 bits per heavy atom. The van der Waals surface area contributed by atoms with Gasteiger partial charge in [0.1, 0.15) is 0 Å². The molecular weight excluding hydrogens is 649 g/mol. The second-order valence-corrected chi connectivity index (χ2v) is 16.8. The molecule has 0 saturated heterocycles. The van der Waals surface area contributed by atoms with E-state index in [1.165, 1.54) is 135 Å². The first-order valence-electron chi connectivity index (χ1n) is 23.7. The molecule has 0 aliphatic rings. The Hall–Kier alpha value is -1.58. The maximum Gasteiger partial charge on any atom is 0.224 e. The summed E-state index contributed by atoms with van der Waals surface area (Å²) in [6.07, 6.45) is 48.5. The van der Waals surface area contributed by atoms with Gasteiger partial charge >= 0.3 is 0 Å². The zero-order valence-corrected chi connectivity index (χ0v) is 36.8. The highest BCUT2D eigenvalue weighted by Crippen LogP contribution is 2.57. The molecule has 0 aromatic rings. The van der Waals surface area contributed by atoms with E-state index in [0.29, 0.717) is 5.92 Å². The topological polar surface area (TPSA) is 86.2 Å². The standard InChI is InChI=1S/C49H94N2O2/c1-7-13-15-17-19-21-23-25-27-29-31-33-35-37-40-44(46(50)52)41-39-42-45(9-3)48(10-4,11-5)49(12-6,47(51)53)43-38-36-34-32-30-28-26-24-22-20-18-16-14-8-2/h25-28,44-45H,7-24,29-43H2,1-6H3,(H2,50,52)(H2,51,53). The van der Waals surface area contributed by atoms with E-state index in [4.69, 9.17) is 11.5 Å². The van der Waals surface area contributed by atoms with Crippen LogP contribution in [0.25, 0.3) is 0 Å². The Morgan fingerprint density at radius 1 is 0.472 bits per heavy atom. The number of hydrogen-bond acceptors (Lipinski definition) is 2. The molecule has 0 heterocycles. The van der Waals surface area contributed by atoms with Crippen molar-refractivity contribution in [3.05, 3.63) is 24.3 Å². The van der Waals surface area contributed by atoms with Crippen LogP contribution in [0.3, 0.4) is 0 Å². The monoisotopic (exact) mass is 743 g/mol. The lowest BCUT2D eigenvalue weighted by Gasteiger charge is -2.53. The summed E-state index contributed by atoms with van der Waals surface area (Å²) in [6, 6.07) is 0. The lowest BCUT2D eigenvalue weighted by Crippen LogP contribution is -2.54. The first-order chi connectivity index (χ1) is 25.8. The van der Waals surface area contributed by atoms with E-state index in [-0.39, 0.29) is 23.1 Å². The molecule has 53 heavy (non-hydrogen) atoms. The average Bonchev–Trinajstić information content (AvgIpc) is 3.15. The zero-order valence-electron chi connectivity index (χ0n) is 36.8. The molecule has 0 spiro atoms. The van der Waals surface area contributed by atoms with Crippen molar-refractivity contribution in [2.45, 2.75) is 253 Å². The van der Waals surface area contributed by atoms with Crippen molar-refractivity contribution >= 4 is 11.8 Å². The Kier molecular flexibility index (Phi) is 33.8. The summed E-state index contributed by atoms with van der Waals surface area (Å²) in [5.41, 5.74) is 11.8. The van der Waals surface area contributed by atoms with Crippen LogP contribution in [-0.2, 0) is 9.59 Å². The van der Waals surface area contributed by atoms with E-state index >= 15 is 0 Å². The Bertz CT molecular complexity index is 906. The van der Waals surface area contributed by atoms with Crippen molar-refractivity contribution in [3.63, 3.8) is 0 Å². The summed E-state index contributed by atoms with van der Waals surface area (Å²) in [5.74, 6) is 0.133. The molecule has 4 heteroatoms. The van der Waals surface area contributed by atoms with Gasteiger partial charge in [0, 0.05) is 5.92 Å². The third-order valence-corrected chi connectivity index (χ3v) is 13.3. The van der Waals surface area contributed by atoms with Gasteiger partial charge in [-0.15, -0.1) is 0 Å². The highest BCUT2D eigenvalue weighted by molar-refractivity contribution is 5.82. The molecular formula is C49H94N2O2. The van der Waals surface area contributed by atoms with E-state index in [2.05, 4.69) is 65.8 Å². The van der Waals surface area contributed by atoms with Gasteiger partial charge in [0.25, 0.3) is 0 Å². The Balaban J connectivity index is 4.84. The number of allylic oxidation sites excluding steroid dienone is 4. The lowest BCUT2D eigenvalue weighted by atomic mass is 9.50. The normalized spacial score (nSPS) is 14.6. The fraction of sp³-hybridized carbons (Fsp3) is 0.878. The summed E-state index contributed by atoms with van der Waals surface area (Å²) in [6.45, 7) is 13.6. The van der Waals surface area contributed by atoms with Crippen molar-refractivity contribution < 1.29 is 9.59 Å². The Morgan fingerprint density at radius 2 is 0.868 bits per heavy atom. The molecule has 3 atom stereocenters. The first-order valence-corrected chi connectivity index (χ1v) is 23.7. The van der Waals surface area contributed by atoms with Crippen molar-refractivity contribution in [1.29, 1.82) is 0 Å². The van der Waals surface area contributed by atoms with Crippen molar-refractivity contribution in [2.24, 2.45) is 34.1 Å². The molecule has 0 rings (SSSR count). The molecule has 0 aliphatic carbocycles. The minimum atomic E-state index is -0.485. The van der Waals surface area contributed by atoms with Gasteiger partial charge in [0.2, 0.25) is 11.8 Å². The summed E-state index contributed by atoms with van der Waals surface area (Å²) >= 11 is 0. The molecule has 0 bridgehead atoms. The largest absolute Gasteiger partial charge is 0.369 e. The number of carbonyl (C=O) groups excluding carboxylic acids is 2. The van der Waals surface area contributed by atoms with Gasteiger partial charge in [-0.25, -0.2) is 0 Å². The predicted octanol–water partition coefficient (Wildman–Crippen LogP) is 15.3. The molecule has 0 radical (unpaired) electrons. The van der Waals surface area contributed by atoms with Crippen LogP contribution in [0, 0.1) is 22.7 Å². The van der Waals surface area contributed by atoms with Crippen LogP contribution in [0.1, 0.15) is 253 Å². The maximum atomic E-state index is 13.5. The van der Waals surface area contributed by atoms with Gasteiger partial charge < -0.3 is 11.5 Å². The molecule has 3 unspecified atom stereocenters. The molecule has 2 amide bonds. The number of rotatable bonds is 40. The van der Waals surface area contributed by atoms with Gasteiger partial charge in [-0.05, 0) is 108 Å². The summed E-state index contributed by atoms with van der Waals surface area (Å²) in [5, 5.41) is 0. The van der Waals surface area contributed by atoms with Crippen molar-refractivity contribution in [2.75, 3.05) is 0 Å². The van der Waals surface area contributed by atoms with Crippen LogP contribution < -0.4 is 11.5 Å². The number of nitrogens with two attached hydrogens (primary N) is 2. The van der Waals surface area contributed by atoms with E-state index in [0.717, 1.165) is 77.0 Å². The minimum absolute atomic E-state index is 0.0418. The summed E-state index contributed by atoms with van der Waals surface area (Å²) in [7, 11) is 0. The first kappa shape index (κ1) is 51.4. The maximum absolute atomic E-state index is 13.5. The second kappa shape index (κ2) is 34.9. The SMILES string of the molecule is CCCCCCCCC=CCCCCCCC(CCCC(CC)C(CC)(CC)C(CC)(CCCCCCC=CCCCCCCCC)C(N)=O)C(N)=O. The number of hydrogen-bond donors (Lipinski definition) is 2. The van der Waals surface area contributed by atoms with Gasteiger partial charge in [-0.3, -0.25) is 9.59 Å². The molecule has 0 aromatic heterocycles. The molecule has 0 aliphatic heterocycles. The van der Waals surface area contributed by atoms with Gasteiger partial charge in [-0.1, -0.05) is 181 Å². The third-order valence-electron chi connectivity index (χ3n) is 13.3. The minimum Gasteiger partial charge on any atom is -0.369 e. The fourth-order valence-corrected chi connectivity index (χ4v) is 9.73. The predicted molar refractivity (Wildman–Crippen MR) is 235 cm³/mol. The van der Waals surface area contributed by atoms with Crippen LogP contribution in [0.5, 0.6) is 0 Å². The van der Waals surface area contributed by atoms with Gasteiger partial charge in [-0.2, -0.15) is 0 Å². The molecule has 4 N–H and O–H groups in total. The highest BCUT2D eigenvalue weighted by atomic mass is 16.1. The van der Waals surface area contributed by atoms with Gasteiger partial charge in [0.05, 0.1) is 5.41 Å². The molecule has 0 aromatic carbocycles. The van der Waals surface area contributed by atoms with Crippen molar-refractivity contribution in [1.82, 2.24) is 0 Å². The van der Waals surface area contributed by atoms with Gasteiger partial charge in [0.15, 0.2) is 0 Å². The number of unbranched alkanes of at least 4 members (excludes halogenated alkanes) is 20. The van der Waals surface area contributed by atoms with E-state index < -0.39 is 5.41 Å². The van der Waals surface area contributed by atoms with Crippen LogP contribution in [0.15, 0.2) is 24.3 Å². The second-order valence-electron chi connectivity index (χ2n) is 16.8.